The second-order valence-corrected chi connectivity index (χ2v) is 7.18. The zero-order chi connectivity index (χ0) is 17.8. The van der Waals surface area contributed by atoms with Crippen molar-refractivity contribution in [2.75, 3.05) is 19.8 Å². The lowest BCUT2D eigenvalue weighted by Crippen LogP contribution is -2.45. The maximum absolute atomic E-state index is 13.1. The predicted molar refractivity (Wildman–Crippen MR) is 94.1 cm³/mol. The largest absolute Gasteiger partial charge is 0.394 e. The number of hydrogen-bond donors (Lipinski definition) is 2. The monoisotopic (exact) mass is 364 g/mol. The lowest BCUT2D eigenvalue weighted by molar-refractivity contribution is 0.0278. The highest BCUT2D eigenvalue weighted by molar-refractivity contribution is 7.17. The summed E-state index contributed by atoms with van der Waals surface area (Å²) >= 11 is 1.27. The fraction of sp³-hybridized carbons (Fsp3) is 0.444. The Hall–Kier alpha value is -1.83. The molecule has 1 aromatic carbocycles. The Morgan fingerprint density at radius 1 is 1.48 bits per heavy atom. The summed E-state index contributed by atoms with van der Waals surface area (Å²) in [6.45, 7) is 2.93. The number of rotatable bonds is 5. The smallest absolute Gasteiger partial charge is 0.263 e. The van der Waals surface area contributed by atoms with E-state index in [-0.39, 0.29) is 30.3 Å². The molecular formula is C18H21FN2O3S. The van der Waals surface area contributed by atoms with Crippen LogP contribution in [0.1, 0.15) is 28.2 Å². The third-order valence-electron chi connectivity index (χ3n) is 4.37. The minimum Gasteiger partial charge on any atom is -0.394 e. The Balaban J connectivity index is 1.74. The average Bonchev–Trinajstić information content (AvgIpc) is 3.02. The van der Waals surface area contributed by atoms with Gasteiger partial charge in [0.15, 0.2) is 0 Å². The molecule has 134 valence electrons. The molecule has 2 N–H and O–H groups in total. The molecule has 0 radical (unpaired) electrons. The minimum absolute atomic E-state index is 0.118. The van der Waals surface area contributed by atoms with Crippen molar-refractivity contribution in [2.45, 2.75) is 25.8 Å². The zero-order valence-electron chi connectivity index (χ0n) is 14.0. The summed E-state index contributed by atoms with van der Waals surface area (Å²) in [5, 5.41) is 13.2. The van der Waals surface area contributed by atoms with E-state index in [4.69, 9.17) is 4.74 Å². The Morgan fingerprint density at radius 3 is 2.88 bits per heavy atom. The zero-order valence-corrected chi connectivity index (χ0v) is 14.8. The first-order valence-electron chi connectivity index (χ1n) is 8.31. The summed E-state index contributed by atoms with van der Waals surface area (Å²) < 4.78 is 18.5. The van der Waals surface area contributed by atoms with Crippen LogP contribution in [0.15, 0.2) is 24.3 Å². The number of aliphatic hydroxyl groups excluding tert-OH is 1. The highest BCUT2D eigenvalue weighted by Gasteiger charge is 2.27. The van der Waals surface area contributed by atoms with Crippen LogP contribution in [0.2, 0.25) is 0 Å². The maximum atomic E-state index is 13.1. The second kappa shape index (κ2) is 8.03. The number of carbonyl (C=O) groups excluding carboxylic acids is 1. The summed E-state index contributed by atoms with van der Waals surface area (Å²) in [4.78, 5) is 17.6. The van der Waals surface area contributed by atoms with E-state index in [9.17, 15) is 14.3 Å². The number of hydrogen-bond acceptors (Lipinski definition) is 5. The SMILES string of the molecule is Cc1nc(-c2ccc(F)cc2)sc1C(=O)NC(CO)C1CCCOC1. The van der Waals surface area contributed by atoms with Gasteiger partial charge in [-0.05, 0) is 44.0 Å². The quantitative estimate of drug-likeness (QED) is 0.856. The van der Waals surface area contributed by atoms with Gasteiger partial charge in [-0.2, -0.15) is 0 Å². The van der Waals surface area contributed by atoms with Crippen molar-refractivity contribution in [1.82, 2.24) is 10.3 Å². The van der Waals surface area contributed by atoms with Crippen LogP contribution in [0.25, 0.3) is 10.6 Å². The fourth-order valence-corrected chi connectivity index (χ4v) is 3.93. The molecule has 2 unspecified atom stereocenters. The van der Waals surface area contributed by atoms with Crippen LogP contribution < -0.4 is 5.32 Å². The van der Waals surface area contributed by atoms with Crippen LogP contribution in [0, 0.1) is 18.7 Å². The summed E-state index contributed by atoms with van der Waals surface area (Å²) in [5.74, 6) is -0.434. The van der Waals surface area contributed by atoms with Gasteiger partial charge in [0.05, 0.1) is 24.9 Å². The number of aromatic nitrogens is 1. The molecule has 1 aliphatic heterocycles. The number of thiazole rings is 1. The molecule has 1 amide bonds. The maximum Gasteiger partial charge on any atom is 0.263 e. The van der Waals surface area contributed by atoms with Gasteiger partial charge < -0.3 is 15.2 Å². The first-order valence-corrected chi connectivity index (χ1v) is 9.13. The molecule has 5 nitrogen and oxygen atoms in total. The number of benzene rings is 1. The topological polar surface area (TPSA) is 71.5 Å². The van der Waals surface area contributed by atoms with E-state index >= 15 is 0 Å². The highest BCUT2D eigenvalue weighted by atomic mass is 32.1. The Bertz CT molecular complexity index is 726. The first-order chi connectivity index (χ1) is 12.1. The number of halogens is 1. The molecule has 2 heterocycles. The van der Waals surface area contributed by atoms with Crippen molar-refractivity contribution in [2.24, 2.45) is 5.92 Å². The Morgan fingerprint density at radius 2 is 2.24 bits per heavy atom. The molecule has 25 heavy (non-hydrogen) atoms. The molecule has 1 aliphatic rings. The summed E-state index contributed by atoms with van der Waals surface area (Å²) in [6.07, 6.45) is 1.86. The van der Waals surface area contributed by atoms with E-state index in [1.165, 1.54) is 23.5 Å². The van der Waals surface area contributed by atoms with Crippen molar-refractivity contribution >= 4 is 17.2 Å². The van der Waals surface area contributed by atoms with Crippen LogP contribution in [0.3, 0.4) is 0 Å². The second-order valence-electron chi connectivity index (χ2n) is 6.18. The third kappa shape index (κ3) is 4.23. The van der Waals surface area contributed by atoms with E-state index in [1.807, 2.05) is 0 Å². The van der Waals surface area contributed by atoms with Gasteiger partial charge in [-0.3, -0.25) is 4.79 Å². The van der Waals surface area contributed by atoms with E-state index < -0.39 is 0 Å². The lowest BCUT2D eigenvalue weighted by atomic mass is 9.94. The van der Waals surface area contributed by atoms with Crippen molar-refractivity contribution in [3.63, 3.8) is 0 Å². The molecule has 1 fully saturated rings. The molecule has 0 saturated carbocycles. The van der Waals surface area contributed by atoms with Crippen molar-refractivity contribution in [3.05, 3.63) is 40.7 Å². The molecule has 2 aromatic rings. The molecule has 2 atom stereocenters. The van der Waals surface area contributed by atoms with Crippen LogP contribution in [-0.4, -0.2) is 41.9 Å². The van der Waals surface area contributed by atoms with Crippen molar-refractivity contribution < 1.29 is 19.0 Å². The number of ether oxygens (including phenoxy) is 1. The van der Waals surface area contributed by atoms with E-state index in [0.717, 1.165) is 25.0 Å². The molecule has 1 aromatic heterocycles. The molecule has 0 spiro atoms. The molecule has 0 aliphatic carbocycles. The van der Waals surface area contributed by atoms with Gasteiger partial charge in [0.25, 0.3) is 5.91 Å². The number of nitrogens with one attached hydrogen (secondary N) is 1. The predicted octanol–water partition coefficient (Wildman–Crippen LogP) is 2.77. The van der Waals surface area contributed by atoms with Crippen LogP contribution >= 0.6 is 11.3 Å². The fourth-order valence-electron chi connectivity index (χ4n) is 2.95. The Labute approximate surface area is 149 Å². The number of amides is 1. The van der Waals surface area contributed by atoms with Gasteiger partial charge in [-0.1, -0.05) is 0 Å². The summed E-state index contributed by atoms with van der Waals surface area (Å²) in [5.41, 5.74) is 1.39. The van der Waals surface area contributed by atoms with E-state index in [2.05, 4.69) is 10.3 Å². The van der Waals surface area contributed by atoms with Crippen LogP contribution in [-0.2, 0) is 4.74 Å². The van der Waals surface area contributed by atoms with Gasteiger partial charge in [0, 0.05) is 18.1 Å². The molecule has 1 saturated heterocycles. The lowest BCUT2D eigenvalue weighted by Gasteiger charge is -2.29. The minimum atomic E-state index is -0.330. The molecule has 0 bridgehead atoms. The first kappa shape index (κ1) is 18.0. The molecule has 3 rings (SSSR count). The number of aryl methyl sites for hydroxylation is 1. The summed E-state index contributed by atoms with van der Waals surface area (Å²) in [7, 11) is 0. The van der Waals surface area contributed by atoms with E-state index in [1.54, 1.807) is 19.1 Å². The van der Waals surface area contributed by atoms with Gasteiger partial charge in [-0.25, -0.2) is 9.37 Å². The van der Waals surface area contributed by atoms with Gasteiger partial charge in [0.2, 0.25) is 0 Å². The highest BCUT2D eigenvalue weighted by Crippen LogP contribution is 2.28. The van der Waals surface area contributed by atoms with Gasteiger partial charge in [0.1, 0.15) is 15.7 Å². The van der Waals surface area contributed by atoms with Crippen LogP contribution in [0.5, 0.6) is 0 Å². The van der Waals surface area contributed by atoms with Gasteiger partial charge in [-0.15, -0.1) is 11.3 Å². The third-order valence-corrected chi connectivity index (χ3v) is 5.58. The molecule has 7 heteroatoms. The Kier molecular flexibility index (Phi) is 5.78. The standard InChI is InChI=1S/C18H21FN2O3S/c1-11-16(25-18(20-11)12-4-6-14(19)7-5-12)17(23)21-15(9-22)13-3-2-8-24-10-13/h4-7,13,15,22H,2-3,8-10H2,1H3,(H,21,23). The van der Waals surface area contributed by atoms with Crippen LogP contribution in [0.4, 0.5) is 4.39 Å². The number of carbonyl (C=O) groups is 1. The average molecular weight is 364 g/mol. The summed E-state index contributed by atoms with van der Waals surface area (Å²) in [6, 6.07) is 5.70. The number of aliphatic hydroxyl groups is 1. The van der Waals surface area contributed by atoms with E-state index in [0.29, 0.717) is 22.2 Å². The normalized spacial score (nSPS) is 18.8. The van der Waals surface area contributed by atoms with Crippen molar-refractivity contribution in [1.29, 1.82) is 0 Å². The van der Waals surface area contributed by atoms with Gasteiger partial charge >= 0.3 is 0 Å². The van der Waals surface area contributed by atoms with Crippen molar-refractivity contribution in [3.8, 4) is 10.6 Å². The number of nitrogens with zero attached hydrogens (tertiary/aromatic N) is 1. The molecular weight excluding hydrogens is 343 g/mol.